The molecule has 0 spiro atoms. The van der Waals surface area contributed by atoms with Crippen LogP contribution < -0.4 is 10.2 Å². The Balaban J connectivity index is 2.19. The Morgan fingerprint density at radius 3 is 2.44 bits per heavy atom. The van der Waals surface area contributed by atoms with Gasteiger partial charge in [0.05, 0.1) is 17.4 Å². The third kappa shape index (κ3) is 2.85. The highest BCUT2D eigenvalue weighted by molar-refractivity contribution is 7.12. The van der Waals surface area contributed by atoms with Gasteiger partial charge in [0, 0.05) is 23.8 Å². The smallest absolute Gasteiger partial charge is 0.0596 e. The Kier molecular flexibility index (Phi) is 3.92. The minimum absolute atomic E-state index is 0.338. The minimum Gasteiger partial charge on any atom is -0.376 e. The summed E-state index contributed by atoms with van der Waals surface area (Å²) in [6.07, 6.45) is 0. The number of nitrogens with zero attached hydrogens (tertiary/aromatic N) is 1. The molecule has 0 bridgehead atoms. The number of aryl methyl sites for hydroxylation is 1. The first kappa shape index (κ1) is 13.0. The molecular weight excluding hydrogens is 240 g/mol. The third-order valence-corrected chi connectivity index (χ3v) is 4.13. The molecule has 1 N–H and O–H groups in total. The van der Waals surface area contributed by atoms with Crippen molar-refractivity contribution >= 4 is 22.7 Å². The Morgan fingerprint density at radius 2 is 1.83 bits per heavy atom. The van der Waals surface area contributed by atoms with E-state index in [-0.39, 0.29) is 0 Å². The van der Waals surface area contributed by atoms with Gasteiger partial charge in [-0.05, 0) is 38.1 Å². The number of hydrogen-bond donors (Lipinski definition) is 1. The first-order valence-electron chi connectivity index (χ1n) is 6.17. The number of para-hydroxylation sites is 2. The van der Waals surface area contributed by atoms with Crippen molar-refractivity contribution in [3.05, 3.63) is 46.2 Å². The van der Waals surface area contributed by atoms with E-state index in [9.17, 15) is 0 Å². The number of nitrogens with one attached hydrogen (secondary N) is 1. The van der Waals surface area contributed by atoms with Crippen LogP contribution in [0, 0.1) is 6.92 Å². The fourth-order valence-electron chi connectivity index (χ4n) is 1.98. The summed E-state index contributed by atoms with van der Waals surface area (Å²) in [4.78, 5) is 4.87. The molecule has 0 amide bonds. The number of rotatable bonds is 4. The van der Waals surface area contributed by atoms with Gasteiger partial charge < -0.3 is 10.2 Å². The maximum Gasteiger partial charge on any atom is 0.0596 e. The molecule has 0 aliphatic heterocycles. The second kappa shape index (κ2) is 5.44. The number of benzene rings is 1. The maximum atomic E-state index is 3.59. The summed E-state index contributed by atoms with van der Waals surface area (Å²) in [6, 6.07) is 13.1. The molecule has 1 aromatic heterocycles. The van der Waals surface area contributed by atoms with Gasteiger partial charge in [-0.25, -0.2) is 0 Å². The third-order valence-electron chi connectivity index (χ3n) is 2.95. The van der Waals surface area contributed by atoms with Gasteiger partial charge in [-0.3, -0.25) is 0 Å². The van der Waals surface area contributed by atoms with Crippen molar-refractivity contribution < 1.29 is 0 Å². The second-order valence-corrected chi connectivity index (χ2v) is 6.05. The van der Waals surface area contributed by atoms with Crippen LogP contribution in [-0.4, -0.2) is 14.1 Å². The Morgan fingerprint density at radius 1 is 1.11 bits per heavy atom. The first-order valence-corrected chi connectivity index (χ1v) is 6.99. The summed E-state index contributed by atoms with van der Waals surface area (Å²) >= 11 is 1.85. The van der Waals surface area contributed by atoms with Crippen LogP contribution in [0.4, 0.5) is 11.4 Å². The van der Waals surface area contributed by atoms with Crippen LogP contribution in [-0.2, 0) is 0 Å². The van der Waals surface area contributed by atoms with Crippen LogP contribution in [0.3, 0.4) is 0 Å². The molecule has 2 aromatic rings. The average molecular weight is 260 g/mol. The van der Waals surface area contributed by atoms with E-state index in [1.807, 2.05) is 11.3 Å². The molecule has 18 heavy (non-hydrogen) atoms. The zero-order valence-electron chi connectivity index (χ0n) is 11.4. The minimum atomic E-state index is 0.338. The summed E-state index contributed by atoms with van der Waals surface area (Å²) < 4.78 is 0. The molecule has 0 saturated carbocycles. The van der Waals surface area contributed by atoms with Crippen molar-refractivity contribution in [2.75, 3.05) is 24.3 Å². The van der Waals surface area contributed by atoms with Crippen LogP contribution in [0.2, 0.25) is 0 Å². The summed E-state index contributed by atoms with van der Waals surface area (Å²) in [5.41, 5.74) is 2.40. The molecule has 0 fully saturated rings. The molecule has 1 aromatic carbocycles. The number of thiophene rings is 1. The van der Waals surface area contributed by atoms with Gasteiger partial charge in [-0.2, -0.15) is 0 Å². The van der Waals surface area contributed by atoms with Crippen molar-refractivity contribution in [1.82, 2.24) is 0 Å². The SMILES string of the molecule is Cc1ccc(C(C)Nc2ccccc2N(C)C)s1. The summed E-state index contributed by atoms with van der Waals surface area (Å²) in [6.45, 7) is 4.35. The molecular formula is C15H20N2S. The van der Waals surface area contributed by atoms with Gasteiger partial charge in [0.15, 0.2) is 0 Å². The van der Waals surface area contributed by atoms with Crippen molar-refractivity contribution in [3.63, 3.8) is 0 Å². The van der Waals surface area contributed by atoms with E-state index in [0.29, 0.717) is 6.04 Å². The molecule has 3 heteroatoms. The lowest BCUT2D eigenvalue weighted by atomic mass is 10.2. The standard InChI is InChI=1S/C15H20N2S/c1-11-9-10-15(18-11)12(2)16-13-7-5-6-8-14(13)17(3)4/h5-10,12,16H,1-4H3. The van der Waals surface area contributed by atoms with Gasteiger partial charge in [0.25, 0.3) is 0 Å². The lowest BCUT2D eigenvalue weighted by molar-refractivity contribution is 0.905. The normalized spacial score (nSPS) is 12.2. The summed E-state index contributed by atoms with van der Waals surface area (Å²) in [5, 5.41) is 3.59. The fraction of sp³-hybridized carbons (Fsp3) is 0.333. The van der Waals surface area contributed by atoms with E-state index < -0.39 is 0 Å². The number of hydrogen-bond acceptors (Lipinski definition) is 3. The Bertz CT molecular complexity index is 517. The van der Waals surface area contributed by atoms with Crippen molar-refractivity contribution in [3.8, 4) is 0 Å². The highest BCUT2D eigenvalue weighted by atomic mass is 32.1. The molecule has 0 aliphatic rings. The van der Waals surface area contributed by atoms with Crippen LogP contribution in [0.15, 0.2) is 36.4 Å². The largest absolute Gasteiger partial charge is 0.376 e. The van der Waals surface area contributed by atoms with Crippen molar-refractivity contribution in [2.24, 2.45) is 0 Å². The zero-order chi connectivity index (χ0) is 13.1. The molecule has 0 aliphatic carbocycles. The highest BCUT2D eigenvalue weighted by Crippen LogP contribution is 2.30. The van der Waals surface area contributed by atoms with Crippen LogP contribution in [0.5, 0.6) is 0 Å². The topological polar surface area (TPSA) is 15.3 Å². The first-order chi connectivity index (χ1) is 8.58. The molecule has 0 radical (unpaired) electrons. The molecule has 1 unspecified atom stereocenters. The van der Waals surface area contributed by atoms with Crippen molar-refractivity contribution in [2.45, 2.75) is 19.9 Å². The predicted molar refractivity (Wildman–Crippen MR) is 81.9 cm³/mol. The summed E-state index contributed by atoms with van der Waals surface area (Å²) in [5.74, 6) is 0. The Hall–Kier alpha value is -1.48. The highest BCUT2D eigenvalue weighted by Gasteiger charge is 2.10. The second-order valence-electron chi connectivity index (χ2n) is 4.73. The molecule has 1 heterocycles. The van der Waals surface area contributed by atoms with Crippen LogP contribution in [0.1, 0.15) is 22.7 Å². The lowest BCUT2D eigenvalue weighted by Gasteiger charge is -2.21. The monoisotopic (exact) mass is 260 g/mol. The van der Waals surface area contributed by atoms with Gasteiger partial charge in [0.2, 0.25) is 0 Å². The van der Waals surface area contributed by atoms with Gasteiger partial charge in [0.1, 0.15) is 0 Å². The van der Waals surface area contributed by atoms with Gasteiger partial charge in [-0.15, -0.1) is 11.3 Å². The van der Waals surface area contributed by atoms with Crippen molar-refractivity contribution in [1.29, 1.82) is 0 Å². The molecule has 0 saturated heterocycles. The number of anilines is 2. The molecule has 1 atom stereocenters. The van der Waals surface area contributed by atoms with E-state index in [4.69, 9.17) is 0 Å². The van der Waals surface area contributed by atoms with E-state index in [0.717, 1.165) is 0 Å². The predicted octanol–water partition coefficient (Wildman–Crippen LogP) is 4.30. The van der Waals surface area contributed by atoms with E-state index in [2.05, 4.69) is 74.6 Å². The molecule has 2 nitrogen and oxygen atoms in total. The molecule has 2 rings (SSSR count). The maximum absolute atomic E-state index is 3.59. The lowest BCUT2D eigenvalue weighted by Crippen LogP contribution is -2.13. The van der Waals surface area contributed by atoms with Gasteiger partial charge >= 0.3 is 0 Å². The average Bonchev–Trinajstić information content (AvgIpc) is 2.76. The zero-order valence-corrected chi connectivity index (χ0v) is 12.2. The fourth-order valence-corrected chi connectivity index (χ4v) is 2.86. The van der Waals surface area contributed by atoms with E-state index >= 15 is 0 Å². The molecule has 96 valence electrons. The quantitative estimate of drug-likeness (QED) is 0.882. The van der Waals surface area contributed by atoms with Crippen LogP contribution in [0.25, 0.3) is 0 Å². The summed E-state index contributed by atoms with van der Waals surface area (Å²) in [7, 11) is 4.14. The van der Waals surface area contributed by atoms with Gasteiger partial charge in [-0.1, -0.05) is 12.1 Å². The Labute approximate surface area is 113 Å². The van der Waals surface area contributed by atoms with E-state index in [1.54, 1.807) is 0 Å². The van der Waals surface area contributed by atoms with Crippen LogP contribution >= 0.6 is 11.3 Å². The van der Waals surface area contributed by atoms with E-state index in [1.165, 1.54) is 21.1 Å².